The maximum atomic E-state index is 12.2. The van der Waals surface area contributed by atoms with Crippen molar-refractivity contribution in [3.8, 4) is 0 Å². The highest BCUT2D eigenvalue weighted by Crippen LogP contribution is 2.35. The summed E-state index contributed by atoms with van der Waals surface area (Å²) in [6, 6.07) is 12.2. The number of aryl methyl sites for hydroxylation is 1. The van der Waals surface area contributed by atoms with E-state index in [1.54, 1.807) is 6.07 Å². The minimum atomic E-state index is 0.0195. The molecule has 1 aromatic heterocycles. The number of benzene rings is 1. The monoisotopic (exact) mass is 348 g/mol. The fourth-order valence-electron chi connectivity index (χ4n) is 3.07. The van der Waals surface area contributed by atoms with E-state index in [0.717, 1.165) is 13.1 Å². The number of anilines is 1. The normalized spacial score (nSPS) is 18.3. The van der Waals surface area contributed by atoms with E-state index >= 15 is 0 Å². The lowest BCUT2D eigenvalue weighted by molar-refractivity contribution is -0.116. The van der Waals surface area contributed by atoms with Crippen LogP contribution in [0.3, 0.4) is 0 Å². The van der Waals surface area contributed by atoms with Crippen molar-refractivity contribution in [2.75, 3.05) is 18.4 Å². The molecule has 122 valence electrons. The van der Waals surface area contributed by atoms with Gasteiger partial charge in [0.05, 0.1) is 10.7 Å². The molecule has 0 saturated carbocycles. The molecule has 0 radical (unpaired) electrons. The van der Waals surface area contributed by atoms with E-state index in [4.69, 9.17) is 11.6 Å². The second-order valence-corrected chi connectivity index (χ2v) is 7.65. The highest BCUT2D eigenvalue weighted by molar-refractivity contribution is 7.12. The topological polar surface area (TPSA) is 32.3 Å². The lowest BCUT2D eigenvalue weighted by Crippen LogP contribution is -2.27. The van der Waals surface area contributed by atoms with Crippen molar-refractivity contribution in [1.29, 1.82) is 0 Å². The molecular formula is C18H21ClN2OS. The number of carbonyl (C=O) groups is 1. The van der Waals surface area contributed by atoms with Crippen LogP contribution in [0.4, 0.5) is 5.69 Å². The van der Waals surface area contributed by atoms with E-state index in [1.165, 1.54) is 22.6 Å². The van der Waals surface area contributed by atoms with E-state index < -0.39 is 0 Å². The first-order valence-corrected chi connectivity index (χ1v) is 9.17. The van der Waals surface area contributed by atoms with E-state index in [0.29, 0.717) is 23.2 Å². The molecule has 1 unspecified atom stereocenters. The van der Waals surface area contributed by atoms with Crippen LogP contribution in [0.2, 0.25) is 5.02 Å². The number of para-hydroxylation sites is 1. The van der Waals surface area contributed by atoms with Crippen molar-refractivity contribution < 1.29 is 4.79 Å². The average molecular weight is 349 g/mol. The highest BCUT2D eigenvalue weighted by Gasteiger charge is 2.27. The lowest BCUT2D eigenvalue weighted by atomic mass is 10.2. The summed E-state index contributed by atoms with van der Waals surface area (Å²) in [6.07, 6.45) is 2.88. The van der Waals surface area contributed by atoms with Crippen LogP contribution < -0.4 is 5.32 Å². The van der Waals surface area contributed by atoms with Gasteiger partial charge in [-0.3, -0.25) is 9.69 Å². The molecule has 1 aliphatic heterocycles. The number of amides is 1. The summed E-state index contributed by atoms with van der Waals surface area (Å²) in [6.45, 7) is 4.00. The van der Waals surface area contributed by atoms with Gasteiger partial charge in [0.25, 0.3) is 0 Å². The third-order valence-corrected chi connectivity index (χ3v) is 5.66. The minimum Gasteiger partial charge on any atom is -0.325 e. The standard InChI is InChI=1S/C18H21ClN2OS/c1-13-8-9-17(23-13)16-7-4-11-21(16)12-10-18(22)20-15-6-3-2-5-14(15)19/h2-3,5-6,8-9,16H,4,7,10-12H2,1H3,(H,20,22). The smallest absolute Gasteiger partial charge is 0.225 e. The zero-order chi connectivity index (χ0) is 16.2. The Morgan fingerprint density at radius 1 is 1.35 bits per heavy atom. The zero-order valence-electron chi connectivity index (χ0n) is 13.2. The minimum absolute atomic E-state index is 0.0195. The van der Waals surface area contributed by atoms with Gasteiger partial charge < -0.3 is 5.32 Å². The molecule has 1 aromatic carbocycles. The van der Waals surface area contributed by atoms with Gasteiger partial charge in [-0.1, -0.05) is 23.7 Å². The van der Waals surface area contributed by atoms with E-state index in [2.05, 4.69) is 29.3 Å². The summed E-state index contributed by atoms with van der Waals surface area (Å²) >= 11 is 7.95. The Kier molecular flexibility index (Phi) is 5.36. The fourth-order valence-corrected chi connectivity index (χ4v) is 4.30. The van der Waals surface area contributed by atoms with Gasteiger partial charge in [-0.2, -0.15) is 0 Å². The third kappa shape index (κ3) is 4.14. The molecule has 3 nitrogen and oxygen atoms in total. The predicted molar refractivity (Wildman–Crippen MR) is 97.3 cm³/mol. The number of carbonyl (C=O) groups excluding carboxylic acids is 1. The van der Waals surface area contributed by atoms with Crippen molar-refractivity contribution in [3.05, 3.63) is 51.2 Å². The fraction of sp³-hybridized carbons (Fsp3) is 0.389. The van der Waals surface area contributed by atoms with Crippen molar-refractivity contribution in [2.24, 2.45) is 0 Å². The Bertz CT molecular complexity index is 685. The summed E-state index contributed by atoms with van der Waals surface area (Å²) in [5.41, 5.74) is 0.686. The summed E-state index contributed by atoms with van der Waals surface area (Å²) < 4.78 is 0. The Balaban J connectivity index is 1.55. The van der Waals surface area contributed by atoms with Crippen molar-refractivity contribution in [3.63, 3.8) is 0 Å². The van der Waals surface area contributed by atoms with Gasteiger partial charge in [0.1, 0.15) is 0 Å². The Morgan fingerprint density at radius 3 is 2.91 bits per heavy atom. The zero-order valence-corrected chi connectivity index (χ0v) is 14.8. The van der Waals surface area contributed by atoms with E-state index in [9.17, 15) is 4.79 Å². The summed E-state index contributed by atoms with van der Waals surface area (Å²) in [4.78, 5) is 17.4. The third-order valence-electron chi connectivity index (χ3n) is 4.23. The number of hydrogen-bond acceptors (Lipinski definition) is 3. The largest absolute Gasteiger partial charge is 0.325 e. The maximum absolute atomic E-state index is 12.2. The van der Waals surface area contributed by atoms with Gasteiger partial charge in [0.2, 0.25) is 5.91 Å². The number of nitrogens with one attached hydrogen (secondary N) is 1. The molecule has 0 bridgehead atoms. The molecule has 3 rings (SSSR count). The van der Waals surface area contributed by atoms with Crippen LogP contribution in [0.15, 0.2) is 36.4 Å². The van der Waals surface area contributed by atoms with Gasteiger partial charge >= 0.3 is 0 Å². The average Bonchev–Trinajstić information content (AvgIpc) is 3.16. The second-order valence-electron chi connectivity index (χ2n) is 5.92. The molecule has 1 amide bonds. The number of nitrogens with zero attached hydrogens (tertiary/aromatic N) is 1. The summed E-state index contributed by atoms with van der Waals surface area (Å²) in [7, 11) is 0. The van der Waals surface area contributed by atoms with E-state index in [1.807, 2.05) is 29.5 Å². The quantitative estimate of drug-likeness (QED) is 0.835. The molecule has 0 aliphatic carbocycles. The van der Waals surface area contributed by atoms with Crippen molar-refractivity contribution in [2.45, 2.75) is 32.2 Å². The Hall–Kier alpha value is -1.36. The first kappa shape index (κ1) is 16.5. The van der Waals surface area contributed by atoms with Crippen molar-refractivity contribution in [1.82, 2.24) is 4.90 Å². The first-order chi connectivity index (χ1) is 11.1. The Morgan fingerprint density at radius 2 is 2.17 bits per heavy atom. The predicted octanol–water partition coefficient (Wildman–Crippen LogP) is 4.88. The van der Waals surface area contributed by atoms with Gasteiger partial charge in [0.15, 0.2) is 0 Å². The number of hydrogen-bond donors (Lipinski definition) is 1. The second kappa shape index (κ2) is 7.47. The molecule has 1 N–H and O–H groups in total. The molecule has 2 heterocycles. The van der Waals surface area contributed by atoms with Crippen LogP contribution in [-0.4, -0.2) is 23.9 Å². The Labute approximate surface area is 146 Å². The number of rotatable bonds is 5. The van der Waals surface area contributed by atoms with Gasteiger partial charge in [-0.25, -0.2) is 0 Å². The lowest BCUT2D eigenvalue weighted by Gasteiger charge is -2.23. The molecule has 2 aromatic rings. The van der Waals surface area contributed by atoms with Crippen LogP contribution in [-0.2, 0) is 4.79 Å². The summed E-state index contributed by atoms with van der Waals surface area (Å²) in [5, 5.41) is 3.48. The van der Waals surface area contributed by atoms with Crippen LogP contribution >= 0.6 is 22.9 Å². The molecule has 1 aliphatic rings. The van der Waals surface area contributed by atoms with Crippen LogP contribution in [0.1, 0.15) is 35.1 Å². The molecular weight excluding hydrogens is 328 g/mol. The van der Waals surface area contributed by atoms with Gasteiger partial charge in [-0.05, 0) is 50.6 Å². The molecule has 5 heteroatoms. The van der Waals surface area contributed by atoms with Gasteiger partial charge in [-0.15, -0.1) is 11.3 Å². The number of halogens is 1. The molecule has 1 atom stereocenters. The van der Waals surface area contributed by atoms with Crippen LogP contribution in [0.5, 0.6) is 0 Å². The molecule has 23 heavy (non-hydrogen) atoms. The maximum Gasteiger partial charge on any atom is 0.225 e. The molecule has 1 fully saturated rings. The van der Waals surface area contributed by atoms with Crippen LogP contribution in [0, 0.1) is 6.92 Å². The van der Waals surface area contributed by atoms with Crippen LogP contribution in [0.25, 0.3) is 0 Å². The molecule has 0 spiro atoms. The SMILES string of the molecule is Cc1ccc(C2CCCN2CCC(=O)Nc2ccccc2Cl)s1. The number of likely N-dealkylation sites (tertiary alicyclic amines) is 1. The van der Waals surface area contributed by atoms with Gasteiger partial charge in [0, 0.05) is 28.8 Å². The first-order valence-electron chi connectivity index (χ1n) is 7.98. The van der Waals surface area contributed by atoms with Crippen molar-refractivity contribution >= 4 is 34.5 Å². The summed E-state index contributed by atoms with van der Waals surface area (Å²) in [5.74, 6) is 0.0195. The molecule has 1 saturated heterocycles. The van der Waals surface area contributed by atoms with E-state index in [-0.39, 0.29) is 5.91 Å². The number of thiophene rings is 1. The highest BCUT2D eigenvalue weighted by atomic mass is 35.5.